The number of nitrogens with one attached hydrogen (secondary N) is 1. The summed E-state index contributed by atoms with van der Waals surface area (Å²) in [5.74, 6) is 0.207. The quantitative estimate of drug-likeness (QED) is 0.821. The number of hydrogen-bond donors (Lipinski definition) is 1. The number of nitrogens with zero attached hydrogens (tertiary/aromatic N) is 2. The van der Waals surface area contributed by atoms with Crippen LogP contribution in [0.15, 0.2) is 18.2 Å². The first-order chi connectivity index (χ1) is 11.5. The average Bonchev–Trinajstić information content (AvgIpc) is 3.11. The summed E-state index contributed by atoms with van der Waals surface area (Å²) >= 11 is 6.73. The lowest BCUT2D eigenvalue weighted by atomic mass is 10.2. The first kappa shape index (κ1) is 17.0. The maximum absolute atomic E-state index is 14.5. The summed E-state index contributed by atoms with van der Waals surface area (Å²) in [6, 6.07) is 4.60. The molecule has 2 saturated heterocycles. The Labute approximate surface area is 148 Å². The van der Waals surface area contributed by atoms with Crippen molar-refractivity contribution >= 4 is 51.7 Å². The van der Waals surface area contributed by atoms with Gasteiger partial charge >= 0.3 is 6.09 Å². The van der Waals surface area contributed by atoms with E-state index in [0.717, 1.165) is 5.75 Å². The van der Waals surface area contributed by atoms with Gasteiger partial charge in [-0.15, -0.1) is 0 Å². The summed E-state index contributed by atoms with van der Waals surface area (Å²) in [5.41, 5.74) is 0.834. The summed E-state index contributed by atoms with van der Waals surface area (Å²) < 4.78 is 20.3. The van der Waals surface area contributed by atoms with E-state index in [9.17, 15) is 14.0 Å². The van der Waals surface area contributed by atoms with Crippen LogP contribution in [0.2, 0.25) is 0 Å². The largest absolute Gasteiger partial charge is 0.442 e. The normalized spacial score (nSPS) is 20.5. The van der Waals surface area contributed by atoms with Crippen molar-refractivity contribution in [2.75, 3.05) is 35.2 Å². The van der Waals surface area contributed by atoms with Crippen LogP contribution in [0.5, 0.6) is 0 Å². The second-order valence-corrected chi connectivity index (χ2v) is 7.18. The van der Waals surface area contributed by atoms with Crippen LogP contribution in [0, 0.1) is 5.82 Å². The van der Waals surface area contributed by atoms with Crippen LogP contribution >= 0.6 is 24.0 Å². The number of ether oxygens (including phenoxy) is 1. The molecule has 9 heteroatoms. The van der Waals surface area contributed by atoms with Gasteiger partial charge in [0.2, 0.25) is 5.91 Å². The summed E-state index contributed by atoms with van der Waals surface area (Å²) in [7, 11) is 0. The first-order valence-corrected chi connectivity index (χ1v) is 8.81. The molecule has 0 aliphatic carbocycles. The van der Waals surface area contributed by atoms with E-state index in [1.54, 1.807) is 17.0 Å². The molecule has 1 aromatic rings. The van der Waals surface area contributed by atoms with Gasteiger partial charge in [-0.1, -0.05) is 24.0 Å². The van der Waals surface area contributed by atoms with Crippen LogP contribution < -0.4 is 15.1 Å². The zero-order valence-electron chi connectivity index (χ0n) is 13.0. The van der Waals surface area contributed by atoms with Crippen molar-refractivity contribution in [2.45, 2.75) is 13.0 Å². The standard InChI is InChI=1S/C15H16FN3O3S2/c1-9(20)17-7-11-8-19(14(21)22-11)10-2-3-13(12(16)6-10)18-4-5-24-15(18)23/h2-3,6,11H,4-5,7-8H2,1H3,(H,17,20)/t11-/m0/s1. The number of amides is 2. The van der Waals surface area contributed by atoms with E-state index in [0.29, 0.717) is 22.2 Å². The number of rotatable bonds is 4. The van der Waals surface area contributed by atoms with Gasteiger partial charge in [-0.05, 0) is 18.2 Å². The lowest BCUT2D eigenvalue weighted by Crippen LogP contribution is -2.33. The second-order valence-electron chi connectivity index (χ2n) is 5.46. The Morgan fingerprint density at radius 3 is 2.92 bits per heavy atom. The fourth-order valence-electron chi connectivity index (χ4n) is 2.59. The molecule has 2 heterocycles. The molecule has 0 aromatic heterocycles. The molecule has 2 amide bonds. The van der Waals surface area contributed by atoms with Gasteiger partial charge in [-0.2, -0.15) is 0 Å². The highest BCUT2D eigenvalue weighted by Crippen LogP contribution is 2.31. The van der Waals surface area contributed by atoms with Crippen molar-refractivity contribution in [2.24, 2.45) is 0 Å². The number of thioether (sulfide) groups is 1. The summed E-state index contributed by atoms with van der Waals surface area (Å²) in [6.07, 6.45) is -1.00. The molecule has 2 aliphatic heterocycles. The van der Waals surface area contributed by atoms with E-state index in [-0.39, 0.29) is 19.0 Å². The molecule has 0 spiro atoms. The van der Waals surface area contributed by atoms with E-state index in [1.807, 2.05) is 0 Å². The number of anilines is 2. The third-order valence-electron chi connectivity index (χ3n) is 3.75. The molecule has 128 valence electrons. The van der Waals surface area contributed by atoms with Crippen LogP contribution in [0.4, 0.5) is 20.6 Å². The fraction of sp³-hybridized carbons (Fsp3) is 0.400. The van der Waals surface area contributed by atoms with Gasteiger partial charge in [0.25, 0.3) is 0 Å². The molecular weight excluding hydrogens is 353 g/mol. The lowest BCUT2D eigenvalue weighted by Gasteiger charge is -2.20. The third-order valence-corrected chi connectivity index (χ3v) is 5.18. The fourth-order valence-corrected chi connectivity index (χ4v) is 3.82. The van der Waals surface area contributed by atoms with Crippen LogP contribution in [0.1, 0.15) is 6.92 Å². The van der Waals surface area contributed by atoms with Gasteiger partial charge in [-0.3, -0.25) is 9.69 Å². The van der Waals surface area contributed by atoms with E-state index in [1.165, 1.54) is 29.7 Å². The summed E-state index contributed by atoms with van der Waals surface area (Å²) in [4.78, 5) is 26.0. The predicted octanol–water partition coefficient (Wildman–Crippen LogP) is 2.13. The minimum atomic E-state index is -0.551. The summed E-state index contributed by atoms with van der Waals surface area (Å²) in [6.45, 7) is 2.56. The van der Waals surface area contributed by atoms with Crippen molar-refractivity contribution in [1.29, 1.82) is 0 Å². The Bertz CT molecular complexity index is 701. The first-order valence-electron chi connectivity index (χ1n) is 7.42. The molecule has 1 N–H and O–H groups in total. The summed E-state index contributed by atoms with van der Waals surface area (Å²) in [5, 5.41) is 2.60. The maximum atomic E-state index is 14.5. The van der Waals surface area contributed by atoms with Gasteiger partial charge in [0.15, 0.2) is 0 Å². The number of thiocarbonyl (C=S) groups is 1. The highest BCUT2D eigenvalue weighted by molar-refractivity contribution is 8.23. The molecular formula is C15H16FN3O3S2. The molecule has 2 fully saturated rings. The SMILES string of the molecule is CC(=O)NC[C@H]1CN(c2ccc(N3CCSC3=S)c(F)c2)C(=O)O1. The molecule has 6 nitrogen and oxygen atoms in total. The van der Waals surface area contributed by atoms with E-state index in [2.05, 4.69) is 5.32 Å². The van der Waals surface area contributed by atoms with Crippen LogP contribution in [0.3, 0.4) is 0 Å². The molecule has 1 atom stereocenters. The van der Waals surface area contributed by atoms with Crippen molar-refractivity contribution in [3.63, 3.8) is 0 Å². The van der Waals surface area contributed by atoms with Crippen LogP contribution in [-0.2, 0) is 9.53 Å². The zero-order valence-corrected chi connectivity index (χ0v) is 14.6. The van der Waals surface area contributed by atoms with E-state index in [4.69, 9.17) is 17.0 Å². The maximum Gasteiger partial charge on any atom is 0.414 e. The number of cyclic esters (lactones) is 1. The number of benzene rings is 1. The average molecular weight is 369 g/mol. The Hall–Kier alpha value is -1.87. The Kier molecular flexibility index (Phi) is 4.91. The third kappa shape index (κ3) is 3.46. The van der Waals surface area contributed by atoms with E-state index < -0.39 is 18.0 Å². The monoisotopic (exact) mass is 369 g/mol. The number of carbonyl (C=O) groups is 2. The Balaban J connectivity index is 1.73. The predicted molar refractivity (Wildman–Crippen MR) is 95.1 cm³/mol. The van der Waals surface area contributed by atoms with Crippen molar-refractivity contribution in [1.82, 2.24) is 5.32 Å². The van der Waals surface area contributed by atoms with Crippen molar-refractivity contribution < 1.29 is 18.7 Å². The molecule has 3 rings (SSSR count). The van der Waals surface area contributed by atoms with Gasteiger partial charge in [0.05, 0.1) is 24.5 Å². The van der Waals surface area contributed by atoms with Gasteiger partial charge in [0, 0.05) is 19.2 Å². The molecule has 1 aromatic carbocycles. The van der Waals surface area contributed by atoms with Gasteiger partial charge < -0.3 is 15.0 Å². The molecule has 2 aliphatic rings. The van der Waals surface area contributed by atoms with Crippen molar-refractivity contribution in [3.05, 3.63) is 24.0 Å². The minimum Gasteiger partial charge on any atom is -0.442 e. The van der Waals surface area contributed by atoms with Gasteiger partial charge in [-0.25, -0.2) is 9.18 Å². The molecule has 0 radical (unpaired) electrons. The zero-order chi connectivity index (χ0) is 17.3. The second kappa shape index (κ2) is 6.94. The lowest BCUT2D eigenvalue weighted by molar-refractivity contribution is -0.119. The Morgan fingerprint density at radius 1 is 1.50 bits per heavy atom. The highest BCUT2D eigenvalue weighted by atomic mass is 32.2. The molecule has 24 heavy (non-hydrogen) atoms. The molecule has 0 unspecified atom stereocenters. The number of carbonyl (C=O) groups excluding carboxylic acids is 2. The molecule has 0 saturated carbocycles. The smallest absolute Gasteiger partial charge is 0.414 e. The number of hydrogen-bond acceptors (Lipinski definition) is 5. The van der Waals surface area contributed by atoms with Gasteiger partial charge in [0.1, 0.15) is 16.2 Å². The van der Waals surface area contributed by atoms with Crippen LogP contribution in [-0.4, -0.2) is 47.8 Å². The minimum absolute atomic E-state index is 0.195. The topological polar surface area (TPSA) is 61.9 Å². The molecule has 0 bridgehead atoms. The van der Waals surface area contributed by atoms with Crippen molar-refractivity contribution in [3.8, 4) is 0 Å². The number of halogens is 1. The van der Waals surface area contributed by atoms with Crippen LogP contribution in [0.25, 0.3) is 0 Å². The highest BCUT2D eigenvalue weighted by Gasteiger charge is 2.33. The Morgan fingerprint density at radius 2 is 2.29 bits per heavy atom. The van der Waals surface area contributed by atoms with E-state index >= 15 is 0 Å².